The fourth-order valence-corrected chi connectivity index (χ4v) is 5.11. The SMILES string of the molecule is Cc1ccc2c(c1)c(CCC(=O)O)c1n2CC(NC(=O)c2ccc(-n3cnnc3)cc2)CC1.c1ccccc1. The molecule has 1 aliphatic rings. The number of aliphatic carboxylic acids is 1. The third-order valence-electron chi connectivity index (χ3n) is 7.01. The maximum Gasteiger partial charge on any atom is 0.303 e. The van der Waals surface area contributed by atoms with E-state index in [1.165, 1.54) is 5.69 Å². The van der Waals surface area contributed by atoms with Crippen molar-refractivity contribution in [2.45, 2.75) is 45.2 Å². The summed E-state index contributed by atoms with van der Waals surface area (Å²) in [6.45, 7) is 2.72. The quantitative estimate of drug-likeness (QED) is 0.328. The molecule has 2 N–H and O–H groups in total. The summed E-state index contributed by atoms with van der Waals surface area (Å²) in [6.07, 6.45) is 5.49. The monoisotopic (exact) mass is 521 g/mol. The van der Waals surface area contributed by atoms with Crippen molar-refractivity contribution in [2.75, 3.05) is 0 Å². The van der Waals surface area contributed by atoms with E-state index in [1.807, 2.05) is 48.5 Å². The third-order valence-corrected chi connectivity index (χ3v) is 7.01. The molecule has 1 atom stereocenters. The van der Waals surface area contributed by atoms with Gasteiger partial charge in [-0.3, -0.25) is 14.2 Å². The van der Waals surface area contributed by atoms with Gasteiger partial charge in [-0.1, -0.05) is 48.0 Å². The molecule has 1 amide bonds. The van der Waals surface area contributed by atoms with E-state index in [1.54, 1.807) is 29.4 Å². The number of nitrogens with one attached hydrogen (secondary N) is 1. The molecule has 39 heavy (non-hydrogen) atoms. The van der Waals surface area contributed by atoms with E-state index < -0.39 is 5.97 Å². The van der Waals surface area contributed by atoms with Crippen LogP contribution in [0.25, 0.3) is 16.6 Å². The largest absolute Gasteiger partial charge is 0.481 e. The van der Waals surface area contributed by atoms with Gasteiger partial charge in [0.15, 0.2) is 0 Å². The highest BCUT2D eigenvalue weighted by Gasteiger charge is 2.26. The normalized spacial score (nSPS) is 14.2. The van der Waals surface area contributed by atoms with E-state index in [0.29, 0.717) is 18.5 Å². The lowest BCUT2D eigenvalue weighted by Crippen LogP contribution is -2.41. The minimum absolute atomic E-state index is 0.00625. The molecule has 0 aliphatic carbocycles. The van der Waals surface area contributed by atoms with Crippen LogP contribution in [0.3, 0.4) is 0 Å². The van der Waals surface area contributed by atoms with Crippen LogP contribution in [0.4, 0.5) is 0 Å². The Kier molecular flexibility index (Phi) is 7.82. The summed E-state index contributed by atoms with van der Waals surface area (Å²) >= 11 is 0. The minimum atomic E-state index is -0.785. The highest BCUT2D eigenvalue weighted by atomic mass is 16.4. The van der Waals surface area contributed by atoms with Crippen LogP contribution in [0, 0.1) is 6.92 Å². The second-order valence-electron chi connectivity index (χ2n) is 9.73. The maximum absolute atomic E-state index is 12.9. The Morgan fingerprint density at radius 2 is 1.64 bits per heavy atom. The van der Waals surface area contributed by atoms with Crippen LogP contribution in [0.5, 0.6) is 0 Å². The van der Waals surface area contributed by atoms with Crippen LogP contribution in [0.1, 0.15) is 40.0 Å². The zero-order valence-electron chi connectivity index (χ0n) is 21.8. The van der Waals surface area contributed by atoms with Gasteiger partial charge in [-0.2, -0.15) is 0 Å². The number of nitrogens with zero attached hydrogens (tertiary/aromatic N) is 4. The van der Waals surface area contributed by atoms with Crippen molar-refractivity contribution in [1.82, 2.24) is 24.6 Å². The Morgan fingerprint density at radius 3 is 2.28 bits per heavy atom. The van der Waals surface area contributed by atoms with Crippen LogP contribution in [0.15, 0.2) is 91.5 Å². The predicted molar refractivity (Wildman–Crippen MR) is 150 cm³/mol. The first-order valence-electron chi connectivity index (χ1n) is 13.1. The molecule has 0 bridgehead atoms. The van der Waals surface area contributed by atoms with Gasteiger partial charge in [0.05, 0.1) is 0 Å². The molecule has 3 aromatic carbocycles. The number of amides is 1. The summed E-state index contributed by atoms with van der Waals surface area (Å²) in [5, 5.41) is 21.1. The third kappa shape index (κ3) is 6.06. The van der Waals surface area contributed by atoms with Crippen molar-refractivity contribution in [3.8, 4) is 5.69 Å². The first kappa shape index (κ1) is 25.9. The number of carbonyl (C=O) groups excluding carboxylic acids is 1. The molecule has 1 aliphatic heterocycles. The van der Waals surface area contributed by atoms with E-state index in [0.717, 1.165) is 40.6 Å². The summed E-state index contributed by atoms with van der Waals surface area (Å²) in [4.78, 5) is 24.1. The number of benzene rings is 3. The van der Waals surface area contributed by atoms with Gasteiger partial charge in [0.1, 0.15) is 12.7 Å². The molecule has 8 nitrogen and oxygen atoms in total. The molecule has 0 radical (unpaired) electrons. The summed E-state index contributed by atoms with van der Waals surface area (Å²) < 4.78 is 4.04. The number of hydrogen-bond acceptors (Lipinski definition) is 4. The molecule has 6 rings (SSSR count). The molecule has 0 saturated carbocycles. The first-order valence-corrected chi connectivity index (χ1v) is 13.1. The van der Waals surface area contributed by atoms with Gasteiger partial charge in [-0.25, -0.2) is 0 Å². The smallest absolute Gasteiger partial charge is 0.303 e. The number of fused-ring (bicyclic) bond motifs is 3. The zero-order chi connectivity index (χ0) is 27.2. The number of carbonyl (C=O) groups is 2. The Balaban J connectivity index is 0.000000455. The van der Waals surface area contributed by atoms with Crippen molar-refractivity contribution in [3.05, 3.63) is 114 Å². The summed E-state index contributed by atoms with van der Waals surface area (Å²) in [5.74, 6) is -0.885. The second kappa shape index (κ2) is 11.8. The number of rotatable bonds is 6. The zero-order valence-corrected chi connectivity index (χ0v) is 21.8. The van der Waals surface area contributed by atoms with Crippen molar-refractivity contribution in [1.29, 1.82) is 0 Å². The average Bonchev–Trinajstić information content (AvgIpc) is 3.60. The molecule has 1 unspecified atom stereocenters. The lowest BCUT2D eigenvalue weighted by Gasteiger charge is -2.27. The second-order valence-corrected chi connectivity index (χ2v) is 9.73. The predicted octanol–water partition coefficient (Wildman–Crippen LogP) is 4.98. The van der Waals surface area contributed by atoms with Crippen molar-refractivity contribution >= 4 is 22.8 Å². The van der Waals surface area contributed by atoms with Gasteiger partial charge in [0.2, 0.25) is 0 Å². The van der Waals surface area contributed by atoms with Crippen molar-refractivity contribution < 1.29 is 14.7 Å². The van der Waals surface area contributed by atoms with Crippen molar-refractivity contribution in [2.24, 2.45) is 0 Å². The van der Waals surface area contributed by atoms with Gasteiger partial charge in [-0.05, 0) is 68.1 Å². The van der Waals surface area contributed by atoms with Gasteiger partial charge < -0.3 is 15.0 Å². The highest BCUT2D eigenvalue weighted by molar-refractivity contribution is 5.94. The van der Waals surface area contributed by atoms with Crippen LogP contribution in [-0.4, -0.2) is 42.4 Å². The van der Waals surface area contributed by atoms with Crippen LogP contribution in [-0.2, 0) is 24.2 Å². The van der Waals surface area contributed by atoms with Crippen LogP contribution < -0.4 is 5.32 Å². The standard InChI is InChI=1S/C25H25N5O3.C6H6/c1-16-2-9-23-21(12-16)20(8-11-24(31)32)22-10-5-18(13-30(22)23)28-25(33)17-3-6-19(7-4-17)29-14-26-27-15-29;1-2-4-6-5-3-1/h2-4,6-7,9,12,14-15,18H,5,8,10-11,13H2,1H3,(H,28,33)(H,31,32);1-6H. The Labute approximate surface area is 226 Å². The Hall–Kier alpha value is -4.72. The van der Waals surface area contributed by atoms with Gasteiger partial charge in [0.25, 0.3) is 5.91 Å². The fraction of sp³-hybridized carbons (Fsp3) is 0.226. The molecular weight excluding hydrogens is 490 g/mol. The van der Waals surface area contributed by atoms with E-state index in [9.17, 15) is 14.7 Å². The van der Waals surface area contributed by atoms with Gasteiger partial charge >= 0.3 is 5.97 Å². The minimum Gasteiger partial charge on any atom is -0.481 e. The van der Waals surface area contributed by atoms with Crippen LogP contribution in [0.2, 0.25) is 0 Å². The van der Waals surface area contributed by atoms with E-state index in [2.05, 4.69) is 45.2 Å². The Morgan fingerprint density at radius 1 is 0.974 bits per heavy atom. The first-order chi connectivity index (χ1) is 19.0. The lowest BCUT2D eigenvalue weighted by atomic mass is 9.98. The summed E-state index contributed by atoms with van der Waals surface area (Å²) in [5.41, 5.74) is 6.08. The molecule has 8 heteroatoms. The fourth-order valence-electron chi connectivity index (χ4n) is 5.11. The molecular formula is C31H31N5O3. The molecule has 0 saturated heterocycles. The number of carboxylic acids is 1. The highest BCUT2D eigenvalue weighted by Crippen LogP contribution is 2.32. The molecule has 0 spiro atoms. The average molecular weight is 522 g/mol. The number of aromatic nitrogens is 4. The molecule has 198 valence electrons. The van der Waals surface area contributed by atoms with Crippen molar-refractivity contribution in [3.63, 3.8) is 0 Å². The maximum atomic E-state index is 12.9. The van der Waals surface area contributed by atoms with Crippen LogP contribution >= 0.6 is 0 Å². The van der Waals surface area contributed by atoms with E-state index in [-0.39, 0.29) is 18.4 Å². The number of aryl methyl sites for hydroxylation is 2. The molecule has 5 aromatic rings. The summed E-state index contributed by atoms with van der Waals surface area (Å²) in [7, 11) is 0. The molecule has 2 aromatic heterocycles. The van der Waals surface area contributed by atoms with E-state index >= 15 is 0 Å². The summed E-state index contributed by atoms with van der Waals surface area (Å²) in [6, 6.07) is 25.7. The molecule has 0 fully saturated rings. The number of hydrogen-bond donors (Lipinski definition) is 2. The Bertz CT molecular complexity index is 1530. The number of carboxylic acid groups (broad SMARTS) is 1. The lowest BCUT2D eigenvalue weighted by molar-refractivity contribution is -0.136. The van der Waals surface area contributed by atoms with Gasteiger partial charge in [0, 0.05) is 46.9 Å². The topological polar surface area (TPSA) is 102 Å². The molecule has 3 heterocycles. The van der Waals surface area contributed by atoms with Gasteiger partial charge in [-0.15, -0.1) is 10.2 Å². The van der Waals surface area contributed by atoms with E-state index in [4.69, 9.17) is 0 Å².